The zero-order chi connectivity index (χ0) is 9.84. The molecule has 0 radical (unpaired) electrons. The van der Waals surface area contributed by atoms with Gasteiger partial charge in [-0.2, -0.15) is 5.26 Å². The summed E-state index contributed by atoms with van der Waals surface area (Å²) in [6, 6.07) is 7.14. The standard InChI is InChI=1S/C9H8BrClN2/c10-6-2-1-3-7(11)9(6)8(13)4-5-12/h1-3,8H,4,13H2/t8-/m0/s1. The van der Waals surface area contributed by atoms with Gasteiger partial charge in [-0.3, -0.25) is 0 Å². The van der Waals surface area contributed by atoms with Gasteiger partial charge in [-0.25, -0.2) is 0 Å². The summed E-state index contributed by atoms with van der Waals surface area (Å²) < 4.78 is 0.850. The van der Waals surface area contributed by atoms with Gasteiger partial charge in [-0.15, -0.1) is 0 Å². The molecule has 2 nitrogen and oxygen atoms in total. The largest absolute Gasteiger partial charge is 0.323 e. The van der Waals surface area contributed by atoms with Gasteiger partial charge < -0.3 is 5.73 Å². The average Bonchev–Trinajstić information content (AvgIpc) is 2.04. The van der Waals surface area contributed by atoms with Gasteiger partial charge in [-0.1, -0.05) is 33.6 Å². The molecule has 0 saturated heterocycles. The molecule has 0 unspecified atom stereocenters. The van der Waals surface area contributed by atoms with Crippen molar-refractivity contribution < 1.29 is 0 Å². The van der Waals surface area contributed by atoms with Crippen LogP contribution in [0.25, 0.3) is 0 Å². The molecule has 0 fully saturated rings. The van der Waals surface area contributed by atoms with Crippen LogP contribution in [0.2, 0.25) is 5.02 Å². The molecule has 0 aliphatic carbocycles. The molecule has 13 heavy (non-hydrogen) atoms. The highest BCUT2D eigenvalue weighted by atomic mass is 79.9. The fourth-order valence-electron chi connectivity index (χ4n) is 1.07. The van der Waals surface area contributed by atoms with Gasteiger partial charge in [0.25, 0.3) is 0 Å². The highest BCUT2D eigenvalue weighted by molar-refractivity contribution is 9.10. The van der Waals surface area contributed by atoms with Crippen molar-refractivity contribution in [2.45, 2.75) is 12.5 Å². The van der Waals surface area contributed by atoms with E-state index in [0.717, 1.165) is 10.0 Å². The van der Waals surface area contributed by atoms with E-state index in [2.05, 4.69) is 15.9 Å². The summed E-state index contributed by atoms with van der Waals surface area (Å²) in [6.45, 7) is 0. The number of hydrogen-bond donors (Lipinski definition) is 1. The Morgan fingerprint density at radius 3 is 2.85 bits per heavy atom. The topological polar surface area (TPSA) is 49.8 Å². The first kappa shape index (κ1) is 10.5. The third-order valence-electron chi connectivity index (χ3n) is 1.68. The van der Waals surface area contributed by atoms with Crippen molar-refractivity contribution in [1.29, 1.82) is 5.26 Å². The summed E-state index contributed by atoms with van der Waals surface area (Å²) in [4.78, 5) is 0. The highest BCUT2D eigenvalue weighted by Gasteiger charge is 2.12. The Labute approximate surface area is 90.4 Å². The van der Waals surface area contributed by atoms with Gasteiger partial charge in [0.15, 0.2) is 0 Å². The third-order valence-corrected chi connectivity index (χ3v) is 2.70. The number of benzene rings is 1. The van der Waals surface area contributed by atoms with Gasteiger partial charge >= 0.3 is 0 Å². The summed E-state index contributed by atoms with van der Waals surface area (Å²) in [7, 11) is 0. The maximum atomic E-state index is 8.49. The van der Waals surface area contributed by atoms with Gasteiger partial charge in [-0.05, 0) is 12.1 Å². The molecular formula is C9H8BrClN2. The molecule has 68 valence electrons. The van der Waals surface area contributed by atoms with Crippen molar-refractivity contribution in [2.24, 2.45) is 5.73 Å². The van der Waals surface area contributed by atoms with E-state index in [9.17, 15) is 0 Å². The van der Waals surface area contributed by atoms with Crippen LogP contribution in [0.5, 0.6) is 0 Å². The predicted molar refractivity (Wildman–Crippen MR) is 56.3 cm³/mol. The van der Waals surface area contributed by atoms with Gasteiger partial charge in [0.05, 0.1) is 12.5 Å². The van der Waals surface area contributed by atoms with E-state index in [1.807, 2.05) is 18.2 Å². The first-order chi connectivity index (χ1) is 6.16. The van der Waals surface area contributed by atoms with Gasteiger partial charge in [0.2, 0.25) is 0 Å². The van der Waals surface area contributed by atoms with Crippen molar-refractivity contribution in [3.63, 3.8) is 0 Å². The number of nitrogens with zero attached hydrogens (tertiary/aromatic N) is 1. The molecule has 2 N–H and O–H groups in total. The normalized spacial score (nSPS) is 12.2. The monoisotopic (exact) mass is 258 g/mol. The van der Waals surface area contributed by atoms with Crippen LogP contribution in [0.4, 0.5) is 0 Å². The minimum atomic E-state index is -0.326. The zero-order valence-corrected chi connectivity index (χ0v) is 9.14. The van der Waals surface area contributed by atoms with Crippen molar-refractivity contribution in [2.75, 3.05) is 0 Å². The van der Waals surface area contributed by atoms with Crippen molar-refractivity contribution in [1.82, 2.24) is 0 Å². The molecule has 1 atom stereocenters. The number of halogens is 2. The predicted octanol–water partition coefficient (Wildman–Crippen LogP) is 3.02. The number of nitriles is 1. The molecule has 0 bridgehead atoms. The summed E-state index contributed by atoms with van der Waals surface area (Å²) in [5.74, 6) is 0. The Kier molecular flexibility index (Phi) is 3.73. The fraction of sp³-hybridized carbons (Fsp3) is 0.222. The van der Waals surface area contributed by atoms with E-state index >= 15 is 0 Å². The molecule has 0 spiro atoms. The van der Waals surface area contributed by atoms with Crippen LogP contribution >= 0.6 is 27.5 Å². The van der Waals surface area contributed by atoms with Crippen LogP contribution in [-0.2, 0) is 0 Å². The second-order valence-corrected chi connectivity index (χ2v) is 3.87. The van der Waals surface area contributed by atoms with Crippen LogP contribution < -0.4 is 5.73 Å². The molecular weight excluding hydrogens is 251 g/mol. The second-order valence-electron chi connectivity index (χ2n) is 2.60. The fourth-order valence-corrected chi connectivity index (χ4v) is 2.15. The summed E-state index contributed by atoms with van der Waals surface area (Å²) in [5.41, 5.74) is 6.57. The molecule has 0 aliphatic heterocycles. The number of nitrogens with two attached hydrogens (primary N) is 1. The minimum absolute atomic E-state index is 0.266. The SMILES string of the molecule is N#CC[C@H](N)c1c(Cl)cccc1Br. The molecule has 0 heterocycles. The summed E-state index contributed by atoms with van der Waals surface area (Å²) in [6.07, 6.45) is 0.266. The lowest BCUT2D eigenvalue weighted by molar-refractivity contribution is 0.745. The third kappa shape index (κ3) is 2.44. The lowest BCUT2D eigenvalue weighted by Gasteiger charge is -2.11. The average molecular weight is 260 g/mol. The summed E-state index contributed by atoms with van der Waals surface area (Å²) in [5, 5.41) is 9.09. The first-order valence-electron chi connectivity index (χ1n) is 3.73. The Hall–Kier alpha value is -0.560. The van der Waals surface area contributed by atoms with Crippen LogP contribution in [0.1, 0.15) is 18.0 Å². The van der Waals surface area contributed by atoms with E-state index in [1.165, 1.54) is 0 Å². The van der Waals surface area contributed by atoms with Crippen molar-refractivity contribution >= 4 is 27.5 Å². The summed E-state index contributed by atoms with van der Waals surface area (Å²) >= 11 is 9.28. The molecule has 1 aromatic carbocycles. The van der Waals surface area contributed by atoms with E-state index in [-0.39, 0.29) is 12.5 Å². The van der Waals surface area contributed by atoms with E-state index in [1.54, 1.807) is 6.07 Å². The molecule has 1 rings (SSSR count). The maximum absolute atomic E-state index is 8.49. The Morgan fingerprint density at radius 1 is 1.62 bits per heavy atom. The molecule has 4 heteroatoms. The Bertz CT molecular complexity index is 326. The quantitative estimate of drug-likeness (QED) is 0.887. The number of rotatable bonds is 2. The maximum Gasteiger partial charge on any atom is 0.0641 e. The molecule has 0 aliphatic rings. The minimum Gasteiger partial charge on any atom is -0.323 e. The molecule has 1 aromatic rings. The lowest BCUT2D eigenvalue weighted by atomic mass is 10.1. The molecule has 0 aromatic heterocycles. The van der Waals surface area contributed by atoms with Gasteiger partial charge in [0, 0.05) is 21.1 Å². The van der Waals surface area contributed by atoms with E-state index < -0.39 is 0 Å². The molecule has 0 saturated carbocycles. The Balaban J connectivity index is 3.06. The lowest BCUT2D eigenvalue weighted by Crippen LogP contribution is -2.10. The highest BCUT2D eigenvalue weighted by Crippen LogP contribution is 2.30. The van der Waals surface area contributed by atoms with Crippen LogP contribution in [0, 0.1) is 11.3 Å². The zero-order valence-electron chi connectivity index (χ0n) is 6.80. The Morgan fingerprint density at radius 2 is 2.31 bits per heavy atom. The van der Waals surface area contributed by atoms with Gasteiger partial charge in [0.1, 0.15) is 0 Å². The second kappa shape index (κ2) is 4.61. The first-order valence-corrected chi connectivity index (χ1v) is 4.90. The van der Waals surface area contributed by atoms with Crippen LogP contribution in [0.15, 0.2) is 22.7 Å². The van der Waals surface area contributed by atoms with E-state index in [4.69, 9.17) is 22.6 Å². The number of hydrogen-bond acceptors (Lipinski definition) is 2. The van der Waals surface area contributed by atoms with Crippen molar-refractivity contribution in [3.05, 3.63) is 33.3 Å². The van der Waals surface area contributed by atoms with E-state index in [0.29, 0.717) is 5.02 Å². The van der Waals surface area contributed by atoms with Crippen LogP contribution in [0.3, 0.4) is 0 Å². The van der Waals surface area contributed by atoms with Crippen LogP contribution in [-0.4, -0.2) is 0 Å². The smallest absolute Gasteiger partial charge is 0.0641 e. The van der Waals surface area contributed by atoms with Crippen molar-refractivity contribution in [3.8, 4) is 6.07 Å². The molecule has 0 amide bonds.